The van der Waals surface area contributed by atoms with Crippen LogP contribution in [-0.4, -0.2) is 27.0 Å². The molecule has 4 aromatic rings. The first-order valence-corrected chi connectivity index (χ1v) is 9.06. The Bertz CT molecular complexity index is 1220. The van der Waals surface area contributed by atoms with Gasteiger partial charge in [0.1, 0.15) is 17.3 Å². The number of nitrogens with zero attached hydrogens (tertiary/aromatic N) is 2. The van der Waals surface area contributed by atoms with Gasteiger partial charge in [-0.1, -0.05) is 6.07 Å². The molecule has 2 heterocycles. The van der Waals surface area contributed by atoms with Gasteiger partial charge in [0.05, 0.1) is 24.1 Å². The SMILES string of the molecule is CCn1nc(C(F)(F)F)cc1-c1ccc2[nH]c(-c3c(O)cc(OC)cc3F)cc2c1. The maximum Gasteiger partial charge on any atom is 0.435 e. The number of nitrogens with one attached hydrogen (secondary N) is 1. The number of aromatic nitrogens is 3. The third-order valence-corrected chi connectivity index (χ3v) is 4.83. The molecule has 0 unspecified atom stereocenters. The van der Waals surface area contributed by atoms with Crippen molar-refractivity contribution < 1.29 is 27.4 Å². The average molecular weight is 419 g/mol. The second-order valence-corrected chi connectivity index (χ2v) is 6.72. The third kappa shape index (κ3) is 3.36. The van der Waals surface area contributed by atoms with Crippen molar-refractivity contribution in [2.24, 2.45) is 0 Å². The molecule has 0 radical (unpaired) electrons. The van der Waals surface area contributed by atoms with E-state index in [1.54, 1.807) is 31.2 Å². The highest BCUT2D eigenvalue weighted by Gasteiger charge is 2.35. The number of H-pyrrole nitrogens is 1. The number of benzene rings is 2. The van der Waals surface area contributed by atoms with Crippen molar-refractivity contribution in [2.75, 3.05) is 7.11 Å². The van der Waals surface area contributed by atoms with E-state index in [9.17, 15) is 22.7 Å². The fraction of sp³-hybridized carbons (Fsp3) is 0.190. The summed E-state index contributed by atoms with van der Waals surface area (Å²) >= 11 is 0. The molecule has 0 spiro atoms. The highest BCUT2D eigenvalue weighted by atomic mass is 19.4. The zero-order valence-electron chi connectivity index (χ0n) is 16.0. The number of aromatic amines is 1. The molecule has 2 aromatic carbocycles. The van der Waals surface area contributed by atoms with E-state index in [4.69, 9.17) is 4.74 Å². The first kappa shape index (κ1) is 19.8. The van der Waals surface area contributed by atoms with Crippen molar-refractivity contribution in [3.8, 4) is 34.0 Å². The molecule has 2 aromatic heterocycles. The lowest BCUT2D eigenvalue weighted by Gasteiger charge is -2.07. The van der Waals surface area contributed by atoms with Gasteiger partial charge < -0.3 is 14.8 Å². The number of alkyl halides is 3. The fourth-order valence-corrected chi connectivity index (χ4v) is 3.41. The smallest absolute Gasteiger partial charge is 0.435 e. The van der Waals surface area contributed by atoms with Gasteiger partial charge in [-0.05, 0) is 31.2 Å². The first-order chi connectivity index (χ1) is 14.2. The molecule has 0 bridgehead atoms. The van der Waals surface area contributed by atoms with Crippen LogP contribution in [0.15, 0.2) is 42.5 Å². The quantitative estimate of drug-likeness (QED) is 0.424. The molecule has 9 heteroatoms. The first-order valence-electron chi connectivity index (χ1n) is 9.06. The Morgan fingerprint density at radius 2 is 1.90 bits per heavy atom. The van der Waals surface area contributed by atoms with E-state index in [-0.39, 0.29) is 23.6 Å². The number of fused-ring (bicyclic) bond motifs is 1. The number of halogens is 4. The van der Waals surface area contributed by atoms with Crippen molar-refractivity contribution in [3.63, 3.8) is 0 Å². The standard InChI is InChI=1S/C21H17F4N3O2/c1-3-28-17(10-19(27-28)21(23,24)25)11-4-5-15-12(6-11)7-16(26-15)20-14(22)8-13(30-2)9-18(20)29/h4-10,26,29H,3H2,1-2H3. The third-order valence-electron chi connectivity index (χ3n) is 4.83. The predicted octanol–water partition coefficient (Wildman–Crippen LogP) is 5.59. The molecule has 30 heavy (non-hydrogen) atoms. The molecule has 5 nitrogen and oxygen atoms in total. The van der Waals surface area contributed by atoms with E-state index in [2.05, 4.69) is 10.1 Å². The number of aromatic hydroxyl groups is 1. The average Bonchev–Trinajstić information content (AvgIpc) is 3.30. The Balaban J connectivity index is 1.81. The number of aryl methyl sites for hydroxylation is 1. The summed E-state index contributed by atoms with van der Waals surface area (Å²) in [5, 5.41) is 14.5. The molecule has 0 aliphatic heterocycles. The molecule has 0 amide bonds. The number of ether oxygens (including phenoxy) is 1. The topological polar surface area (TPSA) is 63.1 Å². The summed E-state index contributed by atoms with van der Waals surface area (Å²) in [6, 6.07) is 10.1. The lowest BCUT2D eigenvalue weighted by atomic mass is 10.1. The van der Waals surface area contributed by atoms with E-state index < -0.39 is 17.7 Å². The van der Waals surface area contributed by atoms with Crippen molar-refractivity contribution in [2.45, 2.75) is 19.6 Å². The van der Waals surface area contributed by atoms with Crippen LogP contribution in [0.1, 0.15) is 12.6 Å². The number of phenolic OH excluding ortho intramolecular Hbond substituents is 1. The Labute approximate surface area is 168 Å². The molecule has 0 saturated carbocycles. The number of rotatable bonds is 4. The van der Waals surface area contributed by atoms with Crippen LogP contribution in [-0.2, 0) is 12.7 Å². The van der Waals surface area contributed by atoms with Gasteiger partial charge in [-0.15, -0.1) is 0 Å². The maximum absolute atomic E-state index is 14.5. The minimum absolute atomic E-state index is 0.0218. The molecule has 0 atom stereocenters. The van der Waals surface area contributed by atoms with Crippen LogP contribution in [0.4, 0.5) is 17.6 Å². The highest BCUT2D eigenvalue weighted by Crippen LogP contribution is 2.37. The van der Waals surface area contributed by atoms with Crippen LogP contribution >= 0.6 is 0 Å². The summed E-state index contributed by atoms with van der Waals surface area (Å²) in [5.74, 6) is -0.782. The number of methoxy groups -OCH3 is 1. The molecule has 2 N–H and O–H groups in total. The van der Waals surface area contributed by atoms with Crippen molar-refractivity contribution >= 4 is 10.9 Å². The molecule has 0 aliphatic carbocycles. The second-order valence-electron chi connectivity index (χ2n) is 6.72. The van der Waals surface area contributed by atoms with E-state index >= 15 is 0 Å². The van der Waals surface area contributed by atoms with E-state index in [1.165, 1.54) is 17.9 Å². The molecular weight excluding hydrogens is 402 g/mol. The summed E-state index contributed by atoms with van der Waals surface area (Å²) in [6.45, 7) is 1.98. The van der Waals surface area contributed by atoms with Gasteiger partial charge in [0.2, 0.25) is 0 Å². The Hall–Kier alpha value is -3.49. The maximum atomic E-state index is 14.5. The van der Waals surface area contributed by atoms with Crippen molar-refractivity contribution in [1.82, 2.24) is 14.8 Å². The van der Waals surface area contributed by atoms with Crippen LogP contribution < -0.4 is 4.74 Å². The van der Waals surface area contributed by atoms with Gasteiger partial charge in [0, 0.05) is 35.1 Å². The van der Waals surface area contributed by atoms with E-state index in [1.807, 2.05) is 0 Å². The monoisotopic (exact) mass is 419 g/mol. The molecule has 0 fully saturated rings. The normalized spacial score (nSPS) is 11.9. The highest BCUT2D eigenvalue weighted by molar-refractivity contribution is 5.90. The summed E-state index contributed by atoms with van der Waals surface area (Å²) < 4.78 is 59.9. The minimum atomic E-state index is -4.54. The summed E-state index contributed by atoms with van der Waals surface area (Å²) in [6.07, 6.45) is -4.54. The fourth-order valence-electron chi connectivity index (χ4n) is 3.41. The molecule has 4 rings (SSSR count). The van der Waals surface area contributed by atoms with Crippen LogP contribution in [0.3, 0.4) is 0 Å². The molecule has 0 saturated heterocycles. The predicted molar refractivity (Wildman–Crippen MR) is 104 cm³/mol. The minimum Gasteiger partial charge on any atom is -0.507 e. The second kappa shape index (κ2) is 7.08. The van der Waals surface area contributed by atoms with Gasteiger partial charge >= 0.3 is 6.18 Å². The summed E-state index contributed by atoms with van der Waals surface area (Å²) in [7, 11) is 1.36. The number of hydrogen-bond acceptors (Lipinski definition) is 3. The zero-order valence-corrected chi connectivity index (χ0v) is 16.0. The molecule has 0 aliphatic rings. The number of hydrogen-bond donors (Lipinski definition) is 2. The Kier molecular flexibility index (Phi) is 4.68. The van der Waals surface area contributed by atoms with Crippen LogP contribution in [0, 0.1) is 5.82 Å². The number of phenols is 1. The summed E-state index contributed by atoms with van der Waals surface area (Å²) in [5.41, 5.74) is 0.859. The van der Waals surface area contributed by atoms with E-state index in [0.29, 0.717) is 27.9 Å². The zero-order chi connectivity index (χ0) is 21.6. The van der Waals surface area contributed by atoms with E-state index in [0.717, 1.165) is 12.1 Å². The van der Waals surface area contributed by atoms with Crippen LogP contribution in [0.5, 0.6) is 11.5 Å². The van der Waals surface area contributed by atoms with Gasteiger partial charge in [0.15, 0.2) is 5.69 Å². The lowest BCUT2D eigenvalue weighted by Crippen LogP contribution is -2.07. The van der Waals surface area contributed by atoms with Gasteiger partial charge in [-0.3, -0.25) is 4.68 Å². The molecular formula is C21H17F4N3O2. The lowest BCUT2D eigenvalue weighted by molar-refractivity contribution is -0.141. The Morgan fingerprint density at radius 3 is 2.53 bits per heavy atom. The summed E-state index contributed by atoms with van der Waals surface area (Å²) in [4.78, 5) is 3.02. The van der Waals surface area contributed by atoms with Gasteiger partial charge in [0.25, 0.3) is 0 Å². The Morgan fingerprint density at radius 1 is 1.13 bits per heavy atom. The van der Waals surface area contributed by atoms with Crippen molar-refractivity contribution in [3.05, 3.63) is 54.0 Å². The van der Waals surface area contributed by atoms with Crippen LogP contribution in [0.25, 0.3) is 33.4 Å². The molecule has 156 valence electrons. The van der Waals surface area contributed by atoms with Crippen LogP contribution in [0.2, 0.25) is 0 Å². The van der Waals surface area contributed by atoms with Gasteiger partial charge in [-0.25, -0.2) is 4.39 Å². The van der Waals surface area contributed by atoms with Gasteiger partial charge in [-0.2, -0.15) is 18.3 Å². The largest absolute Gasteiger partial charge is 0.507 e. The van der Waals surface area contributed by atoms with Crippen molar-refractivity contribution in [1.29, 1.82) is 0 Å².